The summed E-state index contributed by atoms with van der Waals surface area (Å²) in [7, 11) is 0. The Morgan fingerprint density at radius 1 is 1.11 bits per heavy atom. The highest BCUT2D eigenvalue weighted by Crippen LogP contribution is 2.26. The van der Waals surface area contributed by atoms with Gasteiger partial charge >= 0.3 is 0 Å². The predicted molar refractivity (Wildman–Crippen MR) is 83.2 cm³/mol. The minimum Gasteiger partial charge on any atom is -0.307 e. The van der Waals surface area contributed by atoms with Crippen molar-refractivity contribution in [1.29, 1.82) is 0 Å². The monoisotopic (exact) mass is 267 g/mol. The fourth-order valence-electron chi connectivity index (χ4n) is 2.29. The van der Waals surface area contributed by atoms with Gasteiger partial charge in [0.25, 0.3) is 0 Å². The van der Waals surface area contributed by atoms with Crippen LogP contribution in [0.4, 0.5) is 0 Å². The molecule has 1 aromatic heterocycles. The van der Waals surface area contributed by atoms with Gasteiger partial charge in [-0.15, -0.1) is 11.3 Å². The van der Waals surface area contributed by atoms with Crippen LogP contribution in [0.2, 0.25) is 0 Å². The van der Waals surface area contributed by atoms with Crippen molar-refractivity contribution < 1.29 is 0 Å². The van der Waals surface area contributed by atoms with Crippen LogP contribution in [0.15, 0.2) is 17.5 Å². The van der Waals surface area contributed by atoms with Gasteiger partial charge < -0.3 is 5.32 Å². The van der Waals surface area contributed by atoms with E-state index < -0.39 is 0 Å². The zero-order valence-electron chi connectivity index (χ0n) is 12.6. The van der Waals surface area contributed by atoms with Crippen molar-refractivity contribution in [3.63, 3.8) is 0 Å². The highest BCUT2D eigenvalue weighted by Gasteiger charge is 2.18. The first-order valence-electron chi connectivity index (χ1n) is 7.30. The third kappa shape index (κ3) is 5.53. The standard InChI is InChI=1S/C16H29NS/c1-12(2)8-6-9-14(5)17-16(13(3)4)15-10-7-11-18-15/h7,10-14,16-17H,6,8-9H2,1-5H3. The van der Waals surface area contributed by atoms with Crippen LogP contribution in [0.5, 0.6) is 0 Å². The second-order valence-corrected chi connectivity index (χ2v) is 7.11. The van der Waals surface area contributed by atoms with Crippen LogP contribution in [0, 0.1) is 11.8 Å². The van der Waals surface area contributed by atoms with Crippen LogP contribution in [-0.4, -0.2) is 6.04 Å². The minimum absolute atomic E-state index is 0.513. The van der Waals surface area contributed by atoms with E-state index in [1.54, 1.807) is 0 Å². The zero-order chi connectivity index (χ0) is 13.5. The Balaban J connectivity index is 2.42. The molecule has 2 unspecified atom stereocenters. The molecule has 0 aliphatic heterocycles. The van der Waals surface area contributed by atoms with Crippen LogP contribution < -0.4 is 5.32 Å². The van der Waals surface area contributed by atoms with Gasteiger partial charge in [0.2, 0.25) is 0 Å². The Morgan fingerprint density at radius 2 is 1.83 bits per heavy atom. The van der Waals surface area contributed by atoms with Crippen molar-refractivity contribution in [2.75, 3.05) is 0 Å². The van der Waals surface area contributed by atoms with Gasteiger partial charge in [-0.2, -0.15) is 0 Å². The maximum atomic E-state index is 3.80. The maximum Gasteiger partial charge on any atom is 0.0440 e. The van der Waals surface area contributed by atoms with Crippen LogP contribution >= 0.6 is 11.3 Å². The van der Waals surface area contributed by atoms with E-state index >= 15 is 0 Å². The molecule has 1 rings (SSSR count). The van der Waals surface area contributed by atoms with E-state index in [0.717, 1.165) is 5.92 Å². The normalized spacial score (nSPS) is 15.3. The van der Waals surface area contributed by atoms with E-state index in [2.05, 4.69) is 57.4 Å². The molecule has 0 aliphatic rings. The van der Waals surface area contributed by atoms with Gasteiger partial charge in [-0.3, -0.25) is 0 Å². The van der Waals surface area contributed by atoms with E-state index in [9.17, 15) is 0 Å². The van der Waals surface area contributed by atoms with Crippen molar-refractivity contribution in [2.24, 2.45) is 11.8 Å². The Labute approximate surface area is 117 Å². The summed E-state index contributed by atoms with van der Waals surface area (Å²) in [6, 6.07) is 5.53. The number of thiophene rings is 1. The molecular weight excluding hydrogens is 238 g/mol. The lowest BCUT2D eigenvalue weighted by atomic mass is 9.99. The van der Waals surface area contributed by atoms with Crippen molar-refractivity contribution in [3.8, 4) is 0 Å². The molecule has 0 amide bonds. The molecule has 1 nitrogen and oxygen atoms in total. The van der Waals surface area contributed by atoms with Gasteiger partial charge in [-0.05, 0) is 36.6 Å². The van der Waals surface area contributed by atoms with Crippen LogP contribution in [-0.2, 0) is 0 Å². The quantitative estimate of drug-likeness (QED) is 0.678. The lowest BCUT2D eigenvalue weighted by molar-refractivity contribution is 0.353. The number of hydrogen-bond acceptors (Lipinski definition) is 2. The molecule has 0 aliphatic carbocycles. The summed E-state index contributed by atoms with van der Waals surface area (Å²) in [6.45, 7) is 11.5. The van der Waals surface area contributed by atoms with E-state index in [0.29, 0.717) is 18.0 Å². The van der Waals surface area contributed by atoms with Crippen LogP contribution in [0.3, 0.4) is 0 Å². The molecule has 0 saturated carbocycles. The molecule has 2 atom stereocenters. The smallest absolute Gasteiger partial charge is 0.0440 e. The average Bonchev–Trinajstić information content (AvgIpc) is 2.78. The lowest BCUT2D eigenvalue weighted by Crippen LogP contribution is -2.33. The molecular formula is C16H29NS. The summed E-state index contributed by atoms with van der Waals surface area (Å²) < 4.78 is 0. The lowest BCUT2D eigenvalue weighted by Gasteiger charge is -2.26. The third-order valence-electron chi connectivity index (χ3n) is 3.40. The fourth-order valence-corrected chi connectivity index (χ4v) is 3.25. The minimum atomic E-state index is 0.513. The zero-order valence-corrected chi connectivity index (χ0v) is 13.4. The van der Waals surface area contributed by atoms with E-state index in [-0.39, 0.29) is 0 Å². The summed E-state index contributed by atoms with van der Waals surface area (Å²) in [5, 5.41) is 5.98. The molecule has 0 saturated heterocycles. The molecule has 1 heterocycles. The molecule has 0 radical (unpaired) electrons. The molecule has 1 aromatic rings. The summed E-state index contributed by atoms with van der Waals surface area (Å²) >= 11 is 1.87. The molecule has 104 valence electrons. The summed E-state index contributed by atoms with van der Waals surface area (Å²) in [4.78, 5) is 1.47. The first-order chi connectivity index (χ1) is 8.50. The Morgan fingerprint density at radius 3 is 2.33 bits per heavy atom. The van der Waals surface area contributed by atoms with Gasteiger partial charge in [0.1, 0.15) is 0 Å². The van der Waals surface area contributed by atoms with E-state index in [1.807, 2.05) is 11.3 Å². The summed E-state index contributed by atoms with van der Waals surface area (Å²) in [5.41, 5.74) is 0. The molecule has 0 fully saturated rings. The molecule has 2 heteroatoms. The first kappa shape index (κ1) is 15.7. The topological polar surface area (TPSA) is 12.0 Å². The summed E-state index contributed by atoms with van der Waals surface area (Å²) in [5.74, 6) is 1.48. The highest BCUT2D eigenvalue weighted by molar-refractivity contribution is 7.10. The number of rotatable bonds is 8. The van der Waals surface area contributed by atoms with Crippen molar-refractivity contribution in [3.05, 3.63) is 22.4 Å². The van der Waals surface area contributed by atoms with E-state index in [1.165, 1.54) is 24.1 Å². The first-order valence-corrected chi connectivity index (χ1v) is 8.18. The van der Waals surface area contributed by atoms with Gasteiger partial charge in [-0.25, -0.2) is 0 Å². The van der Waals surface area contributed by atoms with Crippen LogP contribution in [0.1, 0.15) is 64.8 Å². The largest absolute Gasteiger partial charge is 0.307 e. The molecule has 1 N–H and O–H groups in total. The molecule has 0 spiro atoms. The Hall–Kier alpha value is -0.340. The maximum absolute atomic E-state index is 3.80. The van der Waals surface area contributed by atoms with E-state index in [4.69, 9.17) is 0 Å². The van der Waals surface area contributed by atoms with Gasteiger partial charge in [0, 0.05) is 17.0 Å². The number of hydrogen-bond donors (Lipinski definition) is 1. The van der Waals surface area contributed by atoms with Crippen molar-refractivity contribution in [2.45, 2.75) is 66.0 Å². The molecule has 0 aromatic carbocycles. The Kier molecular flexibility index (Phi) is 6.95. The average molecular weight is 267 g/mol. The highest BCUT2D eigenvalue weighted by atomic mass is 32.1. The van der Waals surface area contributed by atoms with Crippen LogP contribution in [0.25, 0.3) is 0 Å². The molecule has 18 heavy (non-hydrogen) atoms. The molecule has 0 bridgehead atoms. The van der Waals surface area contributed by atoms with Gasteiger partial charge in [0.05, 0.1) is 0 Å². The second kappa shape index (κ2) is 7.96. The van der Waals surface area contributed by atoms with Crippen molar-refractivity contribution in [1.82, 2.24) is 5.32 Å². The predicted octanol–water partition coefficient (Wildman–Crippen LogP) is 5.25. The summed E-state index contributed by atoms with van der Waals surface area (Å²) in [6.07, 6.45) is 3.96. The van der Waals surface area contributed by atoms with Gasteiger partial charge in [0.15, 0.2) is 0 Å². The fraction of sp³-hybridized carbons (Fsp3) is 0.750. The third-order valence-corrected chi connectivity index (χ3v) is 4.35. The van der Waals surface area contributed by atoms with Gasteiger partial charge in [-0.1, -0.05) is 46.6 Å². The Bertz CT molecular complexity index is 303. The van der Waals surface area contributed by atoms with Crippen molar-refractivity contribution >= 4 is 11.3 Å². The second-order valence-electron chi connectivity index (χ2n) is 6.13. The SMILES string of the molecule is CC(C)CCCC(C)NC(c1cccs1)C(C)C. The number of nitrogens with one attached hydrogen (secondary N) is 1.